The number of rotatable bonds is 4. The third-order valence-electron chi connectivity index (χ3n) is 2.14. The number of nitrogens with zero attached hydrogens (tertiary/aromatic N) is 1. The minimum Gasteiger partial charge on any atom is -0.478 e. The van der Waals surface area contributed by atoms with Gasteiger partial charge < -0.3 is 4.74 Å². The molecule has 2 N–H and O–H groups in total. The maximum atomic E-state index is 11.0. The first-order chi connectivity index (χ1) is 7.68. The van der Waals surface area contributed by atoms with Crippen LogP contribution in [-0.4, -0.2) is 20.0 Å². The van der Waals surface area contributed by atoms with Gasteiger partial charge in [-0.25, -0.2) is 18.5 Å². The first-order valence-electron chi connectivity index (χ1n) is 5.30. The minimum absolute atomic E-state index is 0.0133. The summed E-state index contributed by atoms with van der Waals surface area (Å²) in [4.78, 5) is 3.87. The van der Waals surface area contributed by atoms with Crippen molar-refractivity contribution in [1.82, 2.24) is 4.98 Å². The maximum absolute atomic E-state index is 11.0. The van der Waals surface area contributed by atoms with Crippen molar-refractivity contribution in [2.45, 2.75) is 32.1 Å². The van der Waals surface area contributed by atoms with Gasteiger partial charge in [0.1, 0.15) is 4.90 Å². The molecule has 0 atom stereocenters. The highest BCUT2D eigenvalue weighted by Gasteiger charge is 2.11. The van der Waals surface area contributed by atoms with E-state index in [9.17, 15) is 8.42 Å². The van der Waals surface area contributed by atoms with Crippen LogP contribution in [0.25, 0.3) is 0 Å². The fourth-order valence-electron chi connectivity index (χ4n) is 1.08. The van der Waals surface area contributed by atoms with E-state index in [1.54, 1.807) is 0 Å². The normalized spacial score (nSPS) is 12.5. The molecule has 0 aliphatic heterocycles. The quantitative estimate of drug-likeness (QED) is 0.888. The zero-order valence-electron chi connectivity index (χ0n) is 10.3. The molecule has 0 saturated heterocycles. The molecule has 1 heterocycles. The molecule has 0 aromatic carbocycles. The molecular formula is C11H18N2O3S. The van der Waals surface area contributed by atoms with Crippen molar-refractivity contribution >= 4 is 10.0 Å². The summed E-state index contributed by atoms with van der Waals surface area (Å²) < 4.78 is 27.4. The highest BCUT2D eigenvalue weighted by molar-refractivity contribution is 7.89. The molecule has 17 heavy (non-hydrogen) atoms. The fraction of sp³-hybridized carbons (Fsp3) is 0.545. The van der Waals surface area contributed by atoms with Gasteiger partial charge in [0, 0.05) is 6.07 Å². The molecule has 0 aliphatic rings. The van der Waals surface area contributed by atoms with Crippen molar-refractivity contribution in [3.05, 3.63) is 18.3 Å². The smallest absolute Gasteiger partial charge is 0.239 e. The van der Waals surface area contributed by atoms with Crippen LogP contribution in [0.3, 0.4) is 0 Å². The molecule has 0 unspecified atom stereocenters. The van der Waals surface area contributed by atoms with Gasteiger partial charge in [-0.3, -0.25) is 0 Å². The van der Waals surface area contributed by atoms with E-state index in [0.717, 1.165) is 6.42 Å². The van der Waals surface area contributed by atoms with Crippen LogP contribution in [0.15, 0.2) is 23.2 Å². The SMILES string of the molecule is CC(C)(C)CCOc1ccc(S(N)(=O)=O)cn1. The van der Waals surface area contributed by atoms with Crippen molar-refractivity contribution in [2.24, 2.45) is 10.6 Å². The highest BCUT2D eigenvalue weighted by atomic mass is 32.2. The van der Waals surface area contributed by atoms with Gasteiger partial charge in [0.15, 0.2) is 0 Å². The summed E-state index contributed by atoms with van der Waals surface area (Å²) in [6.45, 7) is 6.90. The van der Waals surface area contributed by atoms with Crippen LogP contribution in [0, 0.1) is 5.41 Å². The molecule has 0 radical (unpaired) electrons. The van der Waals surface area contributed by atoms with E-state index < -0.39 is 10.0 Å². The summed E-state index contributed by atoms with van der Waals surface area (Å²) in [5.74, 6) is 0.404. The second kappa shape index (κ2) is 5.01. The summed E-state index contributed by atoms with van der Waals surface area (Å²) >= 11 is 0. The van der Waals surface area contributed by atoms with E-state index >= 15 is 0 Å². The van der Waals surface area contributed by atoms with Gasteiger partial charge >= 0.3 is 0 Å². The van der Waals surface area contributed by atoms with Gasteiger partial charge in [-0.2, -0.15) is 0 Å². The molecule has 0 aliphatic carbocycles. The summed E-state index contributed by atoms with van der Waals surface area (Å²) in [7, 11) is -3.68. The summed E-state index contributed by atoms with van der Waals surface area (Å²) in [6.07, 6.45) is 2.09. The van der Waals surface area contributed by atoms with Crippen molar-refractivity contribution in [2.75, 3.05) is 6.61 Å². The molecule has 1 rings (SSSR count). The van der Waals surface area contributed by atoms with Gasteiger partial charge in [-0.05, 0) is 17.9 Å². The van der Waals surface area contributed by atoms with E-state index in [4.69, 9.17) is 9.88 Å². The third-order valence-corrected chi connectivity index (χ3v) is 3.04. The summed E-state index contributed by atoms with van der Waals surface area (Å²) in [5.41, 5.74) is 0.195. The molecule has 96 valence electrons. The molecule has 0 saturated carbocycles. The van der Waals surface area contributed by atoms with Gasteiger partial charge in [0.05, 0.1) is 12.8 Å². The Kier molecular flexibility index (Phi) is 4.11. The van der Waals surface area contributed by atoms with E-state index in [2.05, 4.69) is 25.8 Å². The largest absolute Gasteiger partial charge is 0.478 e. The zero-order valence-corrected chi connectivity index (χ0v) is 11.1. The van der Waals surface area contributed by atoms with E-state index in [-0.39, 0.29) is 10.3 Å². The van der Waals surface area contributed by atoms with Crippen molar-refractivity contribution < 1.29 is 13.2 Å². The number of hydrogen-bond acceptors (Lipinski definition) is 4. The molecule has 0 fully saturated rings. The van der Waals surface area contributed by atoms with Gasteiger partial charge in [-0.1, -0.05) is 20.8 Å². The molecule has 0 bridgehead atoms. The van der Waals surface area contributed by atoms with E-state index in [1.165, 1.54) is 18.3 Å². The predicted molar refractivity (Wildman–Crippen MR) is 65.2 cm³/mol. The van der Waals surface area contributed by atoms with E-state index in [1.807, 2.05) is 0 Å². The topological polar surface area (TPSA) is 82.3 Å². The Bertz CT molecular complexity index is 460. The van der Waals surface area contributed by atoms with Crippen molar-refractivity contribution in [1.29, 1.82) is 0 Å². The number of primary sulfonamides is 1. The lowest BCUT2D eigenvalue weighted by Gasteiger charge is -2.17. The van der Waals surface area contributed by atoms with Gasteiger partial charge in [-0.15, -0.1) is 0 Å². The van der Waals surface area contributed by atoms with E-state index in [0.29, 0.717) is 12.5 Å². The summed E-state index contributed by atoms with van der Waals surface area (Å²) in [5, 5.41) is 4.96. The molecule has 0 spiro atoms. The molecule has 0 amide bonds. The molecule has 5 nitrogen and oxygen atoms in total. The lowest BCUT2D eigenvalue weighted by molar-refractivity contribution is 0.236. The molecule has 1 aromatic heterocycles. The number of ether oxygens (including phenoxy) is 1. The van der Waals surface area contributed by atoms with Crippen LogP contribution in [-0.2, 0) is 10.0 Å². The lowest BCUT2D eigenvalue weighted by Crippen LogP contribution is -2.13. The number of sulfonamides is 1. The van der Waals surface area contributed by atoms with Crippen LogP contribution in [0.2, 0.25) is 0 Å². The van der Waals surface area contributed by atoms with Gasteiger partial charge in [0.25, 0.3) is 0 Å². The monoisotopic (exact) mass is 258 g/mol. The average molecular weight is 258 g/mol. The standard InChI is InChI=1S/C11H18N2O3S/c1-11(2,3)6-7-16-10-5-4-9(8-13-10)17(12,14)15/h4-5,8H,6-7H2,1-3H3,(H2,12,14,15). The maximum Gasteiger partial charge on any atom is 0.239 e. The Balaban J connectivity index is 2.58. The number of hydrogen-bond donors (Lipinski definition) is 1. The Labute approximate surface area is 102 Å². The van der Waals surface area contributed by atoms with Crippen LogP contribution >= 0.6 is 0 Å². The Hall–Kier alpha value is -1.14. The first kappa shape index (κ1) is 13.9. The molecule has 1 aromatic rings. The summed E-state index contributed by atoms with van der Waals surface area (Å²) in [6, 6.07) is 2.89. The Morgan fingerprint density at radius 1 is 1.35 bits per heavy atom. The van der Waals surface area contributed by atoms with Crippen LogP contribution < -0.4 is 9.88 Å². The highest BCUT2D eigenvalue weighted by Crippen LogP contribution is 2.19. The van der Waals surface area contributed by atoms with Crippen LogP contribution in [0.5, 0.6) is 5.88 Å². The third kappa shape index (κ3) is 5.14. The first-order valence-corrected chi connectivity index (χ1v) is 6.85. The Morgan fingerprint density at radius 3 is 2.41 bits per heavy atom. The zero-order chi connectivity index (χ0) is 13.1. The van der Waals surface area contributed by atoms with Gasteiger partial charge in [0.2, 0.25) is 15.9 Å². The minimum atomic E-state index is -3.68. The van der Waals surface area contributed by atoms with Crippen LogP contribution in [0.1, 0.15) is 27.2 Å². The lowest BCUT2D eigenvalue weighted by atomic mass is 9.93. The second-order valence-electron chi connectivity index (χ2n) is 5.04. The molecular weight excluding hydrogens is 240 g/mol. The molecule has 6 heteroatoms. The van der Waals surface area contributed by atoms with Crippen molar-refractivity contribution in [3.8, 4) is 5.88 Å². The second-order valence-corrected chi connectivity index (χ2v) is 6.60. The predicted octanol–water partition coefficient (Wildman–Crippen LogP) is 1.54. The number of pyridine rings is 1. The Morgan fingerprint density at radius 2 is 2.00 bits per heavy atom. The van der Waals surface area contributed by atoms with Crippen molar-refractivity contribution in [3.63, 3.8) is 0 Å². The van der Waals surface area contributed by atoms with Crippen LogP contribution in [0.4, 0.5) is 0 Å². The number of nitrogens with two attached hydrogens (primary N) is 1. The fourth-order valence-corrected chi connectivity index (χ4v) is 1.54. The number of aromatic nitrogens is 1. The average Bonchev–Trinajstić information content (AvgIpc) is 2.15.